The number of nitrogens with zero attached hydrogens (tertiary/aromatic N) is 4. The van der Waals surface area contributed by atoms with Crippen LogP contribution in [0.25, 0.3) is 6.08 Å². The normalized spacial score (nSPS) is 20.2. The minimum atomic E-state index is -0.319. The van der Waals surface area contributed by atoms with Gasteiger partial charge >= 0.3 is 5.97 Å². The Morgan fingerprint density at radius 2 is 1.86 bits per heavy atom. The number of hydrogen-bond acceptors (Lipinski definition) is 8. The molecule has 8 nitrogen and oxygen atoms in total. The molecule has 10 heteroatoms. The molecule has 0 N–H and O–H groups in total. The molecule has 1 aromatic heterocycles. The van der Waals surface area contributed by atoms with Crippen molar-refractivity contribution in [1.82, 2.24) is 9.47 Å². The molecule has 0 radical (unpaired) electrons. The average Bonchev–Trinajstić information content (AvgIpc) is 3.50. The van der Waals surface area contributed by atoms with E-state index in [9.17, 15) is 19.6 Å². The van der Waals surface area contributed by atoms with E-state index in [0.717, 1.165) is 25.7 Å². The molecule has 0 bridgehead atoms. The number of carbonyl (C=O) groups excluding carboxylic acids is 2. The second-order valence-electron chi connectivity index (χ2n) is 9.81. The van der Waals surface area contributed by atoms with Crippen molar-refractivity contribution in [1.29, 1.82) is 5.26 Å². The van der Waals surface area contributed by atoms with Crippen LogP contribution in [0.15, 0.2) is 9.70 Å². The molecule has 3 fully saturated rings. The molecule has 1 aliphatic carbocycles. The van der Waals surface area contributed by atoms with Gasteiger partial charge in [0.05, 0.1) is 17.4 Å². The summed E-state index contributed by atoms with van der Waals surface area (Å²) in [4.78, 5) is 43.6. The third-order valence-corrected chi connectivity index (χ3v) is 8.83. The number of esters is 1. The summed E-state index contributed by atoms with van der Waals surface area (Å²) in [5.41, 5.74) is 1.04. The summed E-state index contributed by atoms with van der Waals surface area (Å²) >= 11 is 6.89. The molecule has 198 valence electrons. The molecule has 1 saturated carbocycles. The van der Waals surface area contributed by atoms with Crippen LogP contribution >= 0.6 is 24.0 Å². The summed E-state index contributed by atoms with van der Waals surface area (Å²) in [6.07, 6.45) is 7.87. The smallest absolute Gasteiger partial charge is 0.309 e. The van der Waals surface area contributed by atoms with Crippen LogP contribution in [0.3, 0.4) is 0 Å². The highest BCUT2D eigenvalue weighted by Gasteiger charge is 2.39. The predicted molar refractivity (Wildman–Crippen MR) is 149 cm³/mol. The maximum absolute atomic E-state index is 13.5. The van der Waals surface area contributed by atoms with Crippen molar-refractivity contribution in [3.8, 4) is 6.07 Å². The zero-order chi connectivity index (χ0) is 26.7. The number of aromatic nitrogens is 1. The highest BCUT2D eigenvalue weighted by atomic mass is 32.2. The average molecular weight is 543 g/mol. The Balaban J connectivity index is 1.78. The highest BCUT2D eigenvalue weighted by molar-refractivity contribution is 8.26. The zero-order valence-electron chi connectivity index (χ0n) is 21.7. The summed E-state index contributed by atoms with van der Waals surface area (Å²) in [6, 6.07) is 2.24. The van der Waals surface area contributed by atoms with Crippen molar-refractivity contribution in [2.24, 2.45) is 5.92 Å². The van der Waals surface area contributed by atoms with Crippen molar-refractivity contribution in [2.75, 3.05) is 24.6 Å². The summed E-state index contributed by atoms with van der Waals surface area (Å²) in [5, 5.41) is 9.85. The van der Waals surface area contributed by atoms with Gasteiger partial charge in [0, 0.05) is 31.2 Å². The van der Waals surface area contributed by atoms with Gasteiger partial charge in [0.1, 0.15) is 21.8 Å². The van der Waals surface area contributed by atoms with Crippen LogP contribution in [0.4, 0.5) is 5.82 Å². The van der Waals surface area contributed by atoms with Crippen LogP contribution in [-0.4, -0.2) is 51.4 Å². The van der Waals surface area contributed by atoms with E-state index < -0.39 is 0 Å². The number of amides is 1. The number of rotatable bonds is 7. The lowest BCUT2D eigenvalue weighted by Gasteiger charge is -2.35. The van der Waals surface area contributed by atoms with Gasteiger partial charge in [-0.2, -0.15) is 5.26 Å². The van der Waals surface area contributed by atoms with Crippen LogP contribution < -0.4 is 10.5 Å². The van der Waals surface area contributed by atoms with Crippen molar-refractivity contribution in [2.45, 2.75) is 78.3 Å². The fourth-order valence-electron chi connectivity index (χ4n) is 5.59. The van der Waals surface area contributed by atoms with Crippen molar-refractivity contribution < 1.29 is 14.3 Å². The molecule has 2 aliphatic heterocycles. The number of pyridine rings is 1. The summed E-state index contributed by atoms with van der Waals surface area (Å²) in [5.74, 6) is 0.255. The third-order valence-electron chi connectivity index (χ3n) is 7.50. The van der Waals surface area contributed by atoms with E-state index in [-0.39, 0.29) is 35.0 Å². The first-order valence-corrected chi connectivity index (χ1v) is 14.4. The maximum Gasteiger partial charge on any atom is 0.309 e. The Labute approximate surface area is 227 Å². The zero-order valence-corrected chi connectivity index (χ0v) is 23.4. The predicted octanol–water partition coefficient (Wildman–Crippen LogP) is 4.36. The Hall–Kier alpha value is -2.64. The SMILES string of the molecule is CCCn1c(N2CCC(C(=O)OCC)CC2)c(/C=C2\SC(=S)N(C3CCCC3)C2=O)c(C)c(C#N)c1=O. The van der Waals surface area contributed by atoms with Crippen LogP contribution in [0, 0.1) is 24.2 Å². The van der Waals surface area contributed by atoms with E-state index >= 15 is 0 Å². The first kappa shape index (κ1) is 27.4. The van der Waals surface area contributed by atoms with E-state index in [1.807, 2.05) is 13.0 Å². The maximum atomic E-state index is 13.5. The number of anilines is 1. The van der Waals surface area contributed by atoms with Gasteiger partial charge in [0.2, 0.25) is 0 Å². The molecular weight excluding hydrogens is 508 g/mol. The van der Waals surface area contributed by atoms with Crippen LogP contribution in [0.2, 0.25) is 0 Å². The van der Waals surface area contributed by atoms with Crippen molar-refractivity contribution in [3.05, 3.63) is 31.9 Å². The monoisotopic (exact) mass is 542 g/mol. The second-order valence-corrected chi connectivity index (χ2v) is 11.5. The van der Waals surface area contributed by atoms with E-state index in [4.69, 9.17) is 17.0 Å². The lowest BCUT2D eigenvalue weighted by molar-refractivity contribution is -0.148. The molecule has 3 aliphatic rings. The Morgan fingerprint density at radius 1 is 1.19 bits per heavy atom. The summed E-state index contributed by atoms with van der Waals surface area (Å²) in [7, 11) is 0. The molecule has 37 heavy (non-hydrogen) atoms. The van der Waals surface area contributed by atoms with Crippen molar-refractivity contribution >= 4 is 52.1 Å². The van der Waals surface area contributed by atoms with Crippen LogP contribution in [0.5, 0.6) is 0 Å². The Kier molecular flexibility index (Phi) is 8.75. The Morgan fingerprint density at radius 3 is 2.46 bits per heavy atom. The number of carbonyl (C=O) groups is 2. The second kappa shape index (κ2) is 11.8. The summed E-state index contributed by atoms with van der Waals surface area (Å²) in [6.45, 7) is 7.51. The number of ether oxygens (including phenoxy) is 1. The topological polar surface area (TPSA) is 95.6 Å². The van der Waals surface area contributed by atoms with Gasteiger partial charge in [0.25, 0.3) is 11.5 Å². The molecule has 4 rings (SSSR count). The molecule has 1 aromatic rings. The number of thiocarbonyl (C=S) groups is 1. The standard InChI is InChI=1S/C27H34N4O4S2/c1-4-12-30-23(29-13-10-18(11-14-29)26(34)35-5-2)20(17(3)21(16-28)24(30)32)15-22-25(33)31(27(36)37-22)19-8-6-7-9-19/h15,18-19H,4-14H2,1-3H3/b22-15-. The van der Waals surface area contributed by atoms with Crippen LogP contribution in [0.1, 0.15) is 75.5 Å². The third kappa shape index (κ3) is 5.34. The molecule has 0 aromatic carbocycles. The van der Waals surface area contributed by atoms with Gasteiger partial charge in [-0.15, -0.1) is 0 Å². The van der Waals surface area contributed by atoms with E-state index in [1.165, 1.54) is 11.8 Å². The van der Waals surface area contributed by atoms with Gasteiger partial charge in [-0.25, -0.2) is 0 Å². The van der Waals surface area contributed by atoms with E-state index in [0.29, 0.717) is 71.7 Å². The van der Waals surface area contributed by atoms with Gasteiger partial charge in [0.15, 0.2) is 0 Å². The minimum Gasteiger partial charge on any atom is -0.466 e. The van der Waals surface area contributed by atoms with E-state index in [1.54, 1.807) is 23.3 Å². The Bertz CT molecular complexity index is 1220. The number of nitriles is 1. The quantitative estimate of drug-likeness (QED) is 0.285. The summed E-state index contributed by atoms with van der Waals surface area (Å²) < 4.78 is 7.46. The van der Waals surface area contributed by atoms with Gasteiger partial charge in [-0.05, 0) is 57.6 Å². The fraction of sp³-hybridized carbons (Fsp3) is 0.593. The molecule has 0 spiro atoms. The first-order chi connectivity index (χ1) is 17.8. The van der Waals surface area contributed by atoms with E-state index in [2.05, 4.69) is 11.0 Å². The number of thioether (sulfide) groups is 1. The van der Waals surface area contributed by atoms with Gasteiger partial charge in [-0.3, -0.25) is 23.9 Å². The number of hydrogen-bond donors (Lipinski definition) is 0. The van der Waals surface area contributed by atoms with Crippen molar-refractivity contribution in [3.63, 3.8) is 0 Å². The fourth-order valence-corrected chi connectivity index (χ4v) is 6.97. The molecule has 0 atom stereocenters. The molecule has 3 heterocycles. The highest BCUT2D eigenvalue weighted by Crippen LogP contribution is 2.40. The molecular formula is C27H34N4O4S2. The lowest BCUT2D eigenvalue weighted by atomic mass is 9.95. The molecule has 2 saturated heterocycles. The lowest BCUT2D eigenvalue weighted by Crippen LogP contribution is -2.41. The minimum absolute atomic E-state index is 0.0936. The largest absolute Gasteiger partial charge is 0.466 e. The molecule has 0 unspecified atom stereocenters. The molecule has 1 amide bonds. The van der Waals surface area contributed by atoms with Gasteiger partial charge in [-0.1, -0.05) is 43.7 Å². The van der Waals surface area contributed by atoms with Gasteiger partial charge < -0.3 is 9.64 Å². The van der Waals surface area contributed by atoms with Crippen LogP contribution in [-0.2, 0) is 20.9 Å². The number of piperidine rings is 1. The first-order valence-electron chi connectivity index (χ1n) is 13.2.